The number of carbonyl (C=O) groups is 1. The first kappa shape index (κ1) is 13.0. The monoisotopic (exact) mass is 284 g/mol. The highest BCUT2D eigenvalue weighted by Crippen LogP contribution is 2.19. The minimum absolute atomic E-state index is 0.0335. The second-order valence-electron chi connectivity index (χ2n) is 3.81. The van der Waals surface area contributed by atoms with Gasteiger partial charge in [-0.05, 0) is 17.7 Å². The highest BCUT2D eigenvalue weighted by Gasteiger charge is 2.10. The number of aromatic nitrogens is 1. The lowest BCUT2D eigenvalue weighted by molar-refractivity contribution is -0.117. The summed E-state index contributed by atoms with van der Waals surface area (Å²) < 4.78 is 12.8. The highest BCUT2D eigenvalue weighted by molar-refractivity contribution is 7.13. The van der Waals surface area contributed by atoms with Crippen molar-refractivity contribution in [2.45, 2.75) is 12.8 Å². The Morgan fingerprint density at radius 2 is 2.22 bits per heavy atom. The summed E-state index contributed by atoms with van der Waals surface area (Å²) in [6, 6.07) is 4.01. The molecule has 0 fully saturated rings. The van der Waals surface area contributed by atoms with Crippen molar-refractivity contribution in [2.24, 2.45) is 0 Å². The fraction of sp³-hybridized carbons (Fsp3) is 0.167. The number of nitrogens with zero attached hydrogens (tertiary/aromatic N) is 1. The van der Waals surface area contributed by atoms with Gasteiger partial charge in [0.05, 0.1) is 5.69 Å². The SMILES string of the molecule is Nc1nc(CC(=O)Cc2ccc(F)cc2Cl)cs1. The van der Waals surface area contributed by atoms with E-state index in [0.29, 0.717) is 16.4 Å². The summed E-state index contributed by atoms with van der Waals surface area (Å²) in [7, 11) is 0. The molecule has 1 aromatic carbocycles. The molecule has 2 rings (SSSR count). The molecule has 18 heavy (non-hydrogen) atoms. The van der Waals surface area contributed by atoms with Gasteiger partial charge in [0, 0.05) is 23.2 Å². The van der Waals surface area contributed by atoms with Gasteiger partial charge in [0.2, 0.25) is 0 Å². The number of halogens is 2. The summed E-state index contributed by atoms with van der Waals surface area (Å²) in [6.07, 6.45) is 0.373. The number of nitrogens with two attached hydrogens (primary N) is 1. The zero-order chi connectivity index (χ0) is 13.1. The van der Waals surface area contributed by atoms with Crippen molar-refractivity contribution >= 4 is 33.9 Å². The van der Waals surface area contributed by atoms with Crippen LogP contribution in [0, 0.1) is 5.82 Å². The Labute approximate surface area is 112 Å². The summed E-state index contributed by atoms with van der Waals surface area (Å²) in [5.41, 5.74) is 6.75. The van der Waals surface area contributed by atoms with Crippen LogP contribution in [0.25, 0.3) is 0 Å². The Balaban J connectivity index is 2.03. The van der Waals surface area contributed by atoms with E-state index in [1.807, 2.05) is 0 Å². The minimum Gasteiger partial charge on any atom is -0.375 e. The predicted octanol–water partition coefficient (Wildman–Crippen LogP) is 2.87. The van der Waals surface area contributed by atoms with Crippen LogP contribution >= 0.6 is 22.9 Å². The normalized spacial score (nSPS) is 10.6. The molecule has 0 bridgehead atoms. The Kier molecular flexibility index (Phi) is 3.93. The summed E-state index contributed by atoms with van der Waals surface area (Å²) in [5.74, 6) is -0.447. The van der Waals surface area contributed by atoms with Gasteiger partial charge in [0.1, 0.15) is 11.6 Å². The molecule has 94 valence electrons. The Hall–Kier alpha value is -1.46. The maximum Gasteiger partial charge on any atom is 0.180 e. The summed E-state index contributed by atoms with van der Waals surface area (Å²) in [6.45, 7) is 0. The van der Waals surface area contributed by atoms with E-state index in [4.69, 9.17) is 17.3 Å². The molecule has 0 aliphatic rings. The van der Waals surface area contributed by atoms with Crippen molar-refractivity contribution in [2.75, 3.05) is 5.73 Å². The predicted molar refractivity (Wildman–Crippen MR) is 70.4 cm³/mol. The van der Waals surface area contributed by atoms with E-state index in [1.54, 1.807) is 5.38 Å². The lowest BCUT2D eigenvalue weighted by Gasteiger charge is -2.03. The highest BCUT2D eigenvalue weighted by atomic mass is 35.5. The molecular weight excluding hydrogens is 275 g/mol. The van der Waals surface area contributed by atoms with Gasteiger partial charge in [0.25, 0.3) is 0 Å². The molecular formula is C12H10ClFN2OS. The first-order valence-electron chi connectivity index (χ1n) is 5.20. The smallest absolute Gasteiger partial charge is 0.180 e. The van der Waals surface area contributed by atoms with Gasteiger partial charge >= 0.3 is 0 Å². The van der Waals surface area contributed by atoms with Gasteiger partial charge in [-0.2, -0.15) is 0 Å². The second kappa shape index (κ2) is 5.46. The number of Topliss-reactive ketones (excluding diaryl/α,β-unsaturated/α-hetero) is 1. The van der Waals surface area contributed by atoms with E-state index in [-0.39, 0.29) is 23.6 Å². The molecule has 0 unspecified atom stereocenters. The van der Waals surface area contributed by atoms with Crippen molar-refractivity contribution < 1.29 is 9.18 Å². The molecule has 0 saturated carbocycles. The number of nitrogen functional groups attached to an aromatic ring is 1. The lowest BCUT2D eigenvalue weighted by Crippen LogP contribution is -2.07. The van der Waals surface area contributed by atoms with Crippen LogP contribution in [0.4, 0.5) is 9.52 Å². The molecule has 3 nitrogen and oxygen atoms in total. The van der Waals surface area contributed by atoms with Crippen molar-refractivity contribution in [3.05, 3.63) is 45.7 Å². The van der Waals surface area contributed by atoms with E-state index < -0.39 is 5.82 Å². The van der Waals surface area contributed by atoms with Crippen LogP contribution in [-0.2, 0) is 17.6 Å². The number of anilines is 1. The summed E-state index contributed by atoms with van der Waals surface area (Å²) in [4.78, 5) is 15.8. The first-order valence-corrected chi connectivity index (χ1v) is 6.46. The van der Waals surface area contributed by atoms with Crippen LogP contribution in [0.15, 0.2) is 23.6 Å². The topological polar surface area (TPSA) is 56.0 Å². The van der Waals surface area contributed by atoms with Crippen LogP contribution in [0.3, 0.4) is 0 Å². The van der Waals surface area contributed by atoms with E-state index >= 15 is 0 Å². The van der Waals surface area contributed by atoms with Gasteiger partial charge < -0.3 is 5.73 Å². The second-order valence-corrected chi connectivity index (χ2v) is 5.10. The standard InChI is InChI=1S/C12H10ClFN2OS/c13-11-4-8(14)2-1-7(11)3-10(17)5-9-6-18-12(15)16-9/h1-2,4,6H,3,5H2,(H2,15,16). The minimum atomic E-state index is -0.413. The molecule has 1 aromatic heterocycles. The van der Waals surface area contributed by atoms with Crippen LogP contribution in [-0.4, -0.2) is 10.8 Å². The van der Waals surface area contributed by atoms with Crippen molar-refractivity contribution in [3.63, 3.8) is 0 Å². The van der Waals surface area contributed by atoms with Crippen LogP contribution in [0.1, 0.15) is 11.3 Å². The van der Waals surface area contributed by atoms with Crippen molar-refractivity contribution in [1.29, 1.82) is 0 Å². The maximum atomic E-state index is 12.8. The van der Waals surface area contributed by atoms with Crippen molar-refractivity contribution in [1.82, 2.24) is 4.98 Å². The molecule has 6 heteroatoms. The molecule has 0 aliphatic carbocycles. The molecule has 2 N–H and O–H groups in total. The third-order valence-electron chi connectivity index (χ3n) is 2.35. The quantitative estimate of drug-likeness (QED) is 0.939. The molecule has 0 saturated heterocycles. The number of carbonyl (C=O) groups excluding carboxylic acids is 1. The third kappa shape index (κ3) is 3.27. The zero-order valence-corrected chi connectivity index (χ0v) is 10.9. The summed E-state index contributed by atoms with van der Waals surface area (Å²) >= 11 is 7.15. The Bertz CT molecular complexity index is 585. The fourth-order valence-corrected chi connectivity index (χ4v) is 2.34. The van der Waals surface area contributed by atoms with Gasteiger partial charge in [-0.25, -0.2) is 9.37 Å². The van der Waals surface area contributed by atoms with Gasteiger partial charge in [-0.15, -0.1) is 11.3 Å². The van der Waals surface area contributed by atoms with Gasteiger partial charge in [-0.1, -0.05) is 17.7 Å². The molecule has 0 aliphatic heterocycles. The first-order chi connectivity index (χ1) is 8.54. The number of hydrogen-bond acceptors (Lipinski definition) is 4. The molecule has 2 aromatic rings. The van der Waals surface area contributed by atoms with Crippen molar-refractivity contribution in [3.8, 4) is 0 Å². The number of thiazole rings is 1. The van der Waals surface area contributed by atoms with E-state index in [1.165, 1.54) is 29.5 Å². The van der Waals surface area contributed by atoms with Crippen LogP contribution in [0.2, 0.25) is 5.02 Å². The molecule has 1 heterocycles. The average Bonchev–Trinajstić information content (AvgIpc) is 2.68. The molecule has 0 amide bonds. The van der Waals surface area contributed by atoms with Gasteiger partial charge in [-0.3, -0.25) is 4.79 Å². The molecule has 0 radical (unpaired) electrons. The average molecular weight is 285 g/mol. The lowest BCUT2D eigenvalue weighted by atomic mass is 10.1. The largest absolute Gasteiger partial charge is 0.375 e. The number of benzene rings is 1. The number of rotatable bonds is 4. The Morgan fingerprint density at radius 3 is 2.83 bits per heavy atom. The van der Waals surface area contributed by atoms with E-state index in [9.17, 15) is 9.18 Å². The molecule has 0 atom stereocenters. The number of hydrogen-bond donors (Lipinski definition) is 1. The van der Waals surface area contributed by atoms with Crippen LogP contribution in [0.5, 0.6) is 0 Å². The third-order valence-corrected chi connectivity index (χ3v) is 3.43. The van der Waals surface area contributed by atoms with Crippen LogP contribution < -0.4 is 5.73 Å². The zero-order valence-electron chi connectivity index (χ0n) is 9.32. The molecule has 0 spiro atoms. The van der Waals surface area contributed by atoms with E-state index in [0.717, 1.165) is 0 Å². The maximum absolute atomic E-state index is 12.8. The fourth-order valence-electron chi connectivity index (χ4n) is 1.55. The number of ketones is 1. The summed E-state index contributed by atoms with van der Waals surface area (Å²) in [5, 5.41) is 2.46. The Morgan fingerprint density at radius 1 is 1.44 bits per heavy atom. The van der Waals surface area contributed by atoms with E-state index in [2.05, 4.69) is 4.98 Å². The van der Waals surface area contributed by atoms with Gasteiger partial charge in [0.15, 0.2) is 5.13 Å².